The van der Waals surface area contributed by atoms with Crippen LogP contribution in [0.4, 0.5) is 4.79 Å². The van der Waals surface area contributed by atoms with Gasteiger partial charge in [-0.05, 0) is 41.7 Å². The summed E-state index contributed by atoms with van der Waals surface area (Å²) in [6.07, 6.45) is 5.39. The molecule has 9 heteroatoms. The van der Waals surface area contributed by atoms with Crippen molar-refractivity contribution in [1.29, 1.82) is 0 Å². The summed E-state index contributed by atoms with van der Waals surface area (Å²) in [5.41, 5.74) is 3.21. The number of amides is 2. The van der Waals surface area contributed by atoms with Gasteiger partial charge in [0.1, 0.15) is 16.7 Å². The lowest BCUT2D eigenvalue weighted by atomic mass is 9.81. The number of ether oxygens (including phenoxy) is 4. The van der Waals surface area contributed by atoms with Gasteiger partial charge in [0.25, 0.3) is 0 Å². The molecule has 0 N–H and O–H groups in total. The molecule has 3 heterocycles. The Morgan fingerprint density at radius 2 is 1.40 bits per heavy atom. The molecule has 238 valence electrons. The lowest BCUT2D eigenvalue weighted by Crippen LogP contribution is -2.68. The molecular weight excluding hydrogens is 588 g/mol. The Kier molecular flexibility index (Phi) is 10.3. The van der Waals surface area contributed by atoms with Crippen molar-refractivity contribution in [1.82, 2.24) is 9.21 Å². The van der Waals surface area contributed by atoms with Gasteiger partial charge in [-0.15, -0.1) is 0 Å². The Bertz CT molecular complexity index is 1450. The summed E-state index contributed by atoms with van der Waals surface area (Å²) in [4.78, 5) is 16.2. The SMILES string of the molecule is COc1ccc(COC[C@H]2C=C[C@H]3C[C@H]4C[C@H](OCc5ccccc5)[C@H](C)[C@@H](COCc5ccccc5)N4C(=O)N3S2=O)cc1. The molecule has 3 aliphatic heterocycles. The van der Waals surface area contributed by atoms with Gasteiger partial charge in [0.05, 0.1) is 63.6 Å². The van der Waals surface area contributed by atoms with Gasteiger partial charge in [-0.25, -0.2) is 13.3 Å². The predicted molar refractivity (Wildman–Crippen MR) is 174 cm³/mol. The lowest BCUT2D eigenvalue weighted by Gasteiger charge is -2.54. The molecule has 2 amide bonds. The minimum absolute atomic E-state index is 0.0265. The zero-order valence-electron chi connectivity index (χ0n) is 25.9. The zero-order valence-corrected chi connectivity index (χ0v) is 26.7. The van der Waals surface area contributed by atoms with Crippen molar-refractivity contribution in [3.63, 3.8) is 0 Å². The van der Waals surface area contributed by atoms with Crippen LogP contribution in [0.25, 0.3) is 0 Å². The number of nitrogens with zero attached hydrogens (tertiary/aromatic N) is 2. The van der Waals surface area contributed by atoms with Crippen LogP contribution in [0.15, 0.2) is 97.1 Å². The minimum atomic E-state index is -1.56. The van der Waals surface area contributed by atoms with E-state index in [0.717, 1.165) is 28.9 Å². The maximum atomic E-state index is 14.3. The smallest absolute Gasteiger partial charge is 0.333 e. The average molecular weight is 631 g/mol. The molecule has 2 fully saturated rings. The molecule has 2 saturated heterocycles. The molecule has 3 aliphatic rings. The van der Waals surface area contributed by atoms with Gasteiger partial charge in [-0.2, -0.15) is 0 Å². The largest absolute Gasteiger partial charge is 0.497 e. The fraction of sp³-hybridized carbons (Fsp3) is 0.417. The molecule has 0 saturated carbocycles. The Labute approximate surface area is 268 Å². The summed E-state index contributed by atoms with van der Waals surface area (Å²) < 4.78 is 39.4. The fourth-order valence-corrected chi connectivity index (χ4v) is 7.97. The number of urea groups is 1. The van der Waals surface area contributed by atoms with Crippen molar-refractivity contribution in [2.75, 3.05) is 20.3 Å². The van der Waals surface area contributed by atoms with Crippen LogP contribution in [0.2, 0.25) is 0 Å². The molecule has 3 aromatic rings. The van der Waals surface area contributed by atoms with E-state index >= 15 is 0 Å². The fourth-order valence-electron chi connectivity index (χ4n) is 6.57. The quantitative estimate of drug-likeness (QED) is 0.233. The van der Waals surface area contributed by atoms with Crippen LogP contribution in [0.5, 0.6) is 5.75 Å². The normalized spacial score (nSPS) is 27.6. The van der Waals surface area contributed by atoms with Crippen LogP contribution in [-0.4, -0.2) is 69.2 Å². The summed E-state index contributed by atoms with van der Waals surface area (Å²) >= 11 is 0. The number of methoxy groups -OCH3 is 1. The second-order valence-corrected chi connectivity index (χ2v) is 13.6. The van der Waals surface area contributed by atoms with Crippen molar-refractivity contribution < 1.29 is 28.0 Å². The van der Waals surface area contributed by atoms with E-state index in [2.05, 4.69) is 19.1 Å². The van der Waals surface area contributed by atoms with E-state index in [1.54, 1.807) is 11.4 Å². The van der Waals surface area contributed by atoms with Gasteiger partial charge in [0.15, 0.2) is 0 Å². The topological polar surface area (TPSA) is 77.5 Å². The number of carbonyl (C=O) groups excluding carboxylic acids is 1. The van der Waals surface area contributed by atoms with Gasteiger partial charge in [-0.3, -0.25) is 0 Å². The first-order valence-corrected chi connectivity index (χ1v) is 16.9. The summed E-state index contributed by atoms with van der Waals surface area (Å²) in [5, 5.41) is -0.406. The van der Waals surface area contributed by atoms with E-state index in [1.165, 1.54) is 0 Å². The Hall–Kier alpha value is -3.50. The van der Waals surface area contributed by atoms with Crippen LogP contribution >= 0.6 is 0 Å². The molecule has 0 bridgehead atoms. The van der Waals surface area contributed by atoms with E-state index < -0.39 is 16.2 Å². The van der Waals surface area contributed by atoms with E-state index in [4.69, 9.17) is 18.9 Å². The number of benzene rings is 3. The monoisotopic (exact) mass is 630 g/mol. The molecule has 8 nitrogen and oxygen atoms in total. The highest BCUT2D eigenvalue weighted by molar-refractivity contribution is 7.84. The number of rotatable bonds is 12. The molecule has 45 heavy (non-hydrogen) atoms. The van der Waals surface area contributed by atoms with Crippen molar-refractivity contribution in [3.05, 3.63) is 114 Å². The molecule has 0 radical (unpaired) electrons. The molecule has 6 rings (SSSR count). The van der Waals surface area contributed by atoms with Gasteiger partial charge in [0.2, 0.25) is 0 Å². The maximum absolute atomic E-state index is 14.3. The van der Waals surface area contributed by atoms with Crippen LogP contribution in [-0.2, 0) is 45.0 Å². The van der Waals surface area contributed by atoms with Crippen LogP contribution in [0, 0.1) is 5.92 Å². The van der Waals surface area contributed by atoms with Gasteiger partial charge in [0, 0.05) is 12.0 Å². The zero-order chi connectivity index (χ0) is 31.2. The molecule has 1 unspecified atom stereocenters. The third kappa shape index (κ3) is 7.33. The summed E-state index contributed by atoms with van der Waals surface area (Å²) in [7, 11) is 0.0721. The first-order valence-electron chi connectivity index (χ1n) is 15.7. The van der Waals surface area contributed by atoms with Crippen molar-refractivity contribution in [2.24, 2.45) is 5.92 Å². The third-order valence-electron chi connectivity index (χ3n) is 9.09. The Morgan fingerprint density at radius 1 is 0.778 bits per heavy atom. The van der Waals surface area contributed by atoms with Crippen molar-refractivity contribution in [3.8, 4) is 5.75 Å². The summed E-state index contributed by atoms with van der Waals surface area (Å²) in [6.45, 7) is 4.14. The Balaban J connectivity index is 1.15. The molecular formula is C36H42N2O6S. The highest BCUT2D eigenvalue weighted by Crippen LogP contribution is 2.40. The average Bonchev–Trinajstić information content (AvgIpc) is 3.07. The van der Waals surface area contributed by atoms with Crippen molar-refractivity contribution >= 4 is 17.0 Å². The number of carbonyl (C=O) groups is 1. The molecule has 7 atom stereocenters. The van der Waals surface area contributed by atoms with Crippen LogP contribution < -0.4 is 4.74 Å². The van der Waals surface area contributed by atoms with Gasteiger partial charge < -0.3 is 23.8 Å². The molecule has 0 spiro atoms. The minimum Gasteiger partial charge on any atom is -0.497 e. The number of hydrogen-bond donors (Lipinski definition) is 0. The highest BCUT2D eigenvalue weighted by atomic mass is 32.2. The van der Waals surface area contributed by atoms with Crippen molar-refractivity contribution in [2.45, 2.75) is 69.1 Å². The van der Waals surface area contributed by atoms with E-state index in [-0.39, 0.29) is 42.8 Å². The van der Waals surface area contributed by atoms with E-state index in [1.807, 2.05) is 89.8 Å². The molecule has 0 aromatic heterocycles. The number of piperidine rings is 1. The Morgan fingerprint density at radius 3 is 2.07 bits per heavy atom. The molecule has 0 aliphatic carbocycles. The predicted octanol–water partition coefficient (Wildman–Crippen LogP) is 5.89. The summed E-state index contributed by atoms with van der Waals surface area (Å²) in [5.74, 6) is 0.812. The first kappa shape index (κ1) is 31.5. The highest BCUT2D eigenvalue weighted by Gasteiger charge is 2.52. The molecule has 3 aromatic carbocycles. The van der Waals surface area contributed by atoms with Crippen LogP contribution in [0.3, 0.4) is 0 Å². The maximum Gasteiger partial charge on any atom is 0.333 e. The first-order chi connectivity index (χ1) is 22.0. The van der Waals surface area contributed by atoms with Gasteiger partial charge >= 0.3 is 6.03 Å². The second-order valence-electron chi connectivity index (χ2n) is 12.0. The third-order valence-corrected chi connectivity index (χ3v) is 10.7. The van der Waals surface area contributed by atoms with Gasteiger partial charge in [-0.1, -0.05) is 91.9 Å². The number of fused-ring (bicyclic) bond motifs is 2. The summed E-state index contributed by atoms with van der Waals surface area (Å²) in [6, 6.07) is 27.2. The lowest BCUT2D eigenvalue weighted by molar-refractivity contribution is -0.101. The van der Waals surface area contributed by atoms with E-state index in [0.29, 0.717) is 32.8 Å². The standard InChI is InChI=1S/C36H42N2O6S/c1-26-34(25-43-21-27-9-5-3-6-10-27)37-31(20-35(26)44-23-28-11-7-4-8-12-28)19-30-15-18-33(45(40)38(30)36(37)39)24-42-22-29-13-16-32(41-2)17-14-29/h3-18,26,30-31,33-35H,19-25H2,1-2H3/t26-,30+,31+,33-,34-,35+,45?/m1/s1. The van der Waals surface area contributed by atoms with Crippen LogP contribution in [0.1, 0.15) is 36.5 Å². The second kappa shape index (κ2) is 14.7. The van der Waals surface area contributed by atoms with E-state index in [9.17, 15) is 9.00 Å². The number of hydrogen-bond acceptors (Lipinski definition) is 6.